The van der Waals surface area contributed by atoms with Crippen LogP contribution in [0.15, 0.2) is 42.5 Å². The maximum absolute atomic E-state index is 12.1. The highest BCUT2D eigenvalue weighted by atomic mass is 16.5. The second-order valence-electron chi connectivity index (χ2n) is 5.65. The Balaban J connectivity index is 1.65. The van der Waals surface area contributed by atoms with Gasteiger partial charge in [-0.15, -0.1) is 0 Å². The predicted molar refractivity (Wildman–Crippen MR) is 90.4 cm³/mol. The van der Waals surface area contributed by atoms with Gasteiger partial charge < -0.3 is 20.1 Å². The van der Waals surface area contributed by atoms with Crippen molar-refractivity contribution in [2.45, 2.75) is 13.3 Å². The highest BCUT2D eigenvalue weighted by molar-refractivity contribution is 5.99. The molecule has 0 atom stereocenters. The maximum atomic E-state index is 12.1. The molecule has 1 aliphatic heterocycles. The summed E-state index contributed by atoms with van der Waals surface area (Å²) in [6.45, 7) is 2.20. The molecule has 1 aliphatic rings. The molecule has 0 radical (unpaired) electrons. The van der Waals surface area contributed by atoms with Gasteiger partial charge in [0.25, 0.3) is 5.91 Å². The smallest absolute Gasteiger partial charge is 0.265 e. The van der Waals surface area contributed by atoms with Crippen LogP contribution in [0.3, 0.4) is 0 Å². The van der Waals surface area contributed by atoms with Crippen LogP contribution in [0.5, 0.6) is 11.5 Å². The third-order valence-electron chi connectivity index (χ3n) is 3.77. The van der Waals surface area contributed by atoms with Gasteiger partial charge in [0.2, 0.25) is 5.91 Å². The average molecular weight is 326 g/mol. The molecule has 24 heavy (non-hydrogen) atoms. The van der Waals surface area contributed by atoms with Crippen LogP contribution in [-0.4, -0.2) is 30.1 Å². The second-order valence-corrected chi connectivity index (χ2v) is 5.65. The largest absolute Gasteiger partial charge is 0.508 e. The molecule has 1 heterocycles. The number of hydrogen-bond acceptors (Lipinski definition) is 4. The Morgan fingerprint density at radius 1 is 1.25 bits per heavy atom. The number of aryl methyl sites for hydroxylation is 1. The summed E-state index contributed by atoms with van der Waals surface area (Å²) in [5.41, 5.74) is 2.32. The van der Waals surface area contributed by atoms with Crippen LogP contribution in [0.25, 0.3) is 0 Å². The molecule has 3 rings (SSSR count). The number of rotatable bonds is 4. The maximum Gasteiger partial charge on any atom is 0.265 e. The molecular weight excluding hydrogens is 308 g/mol. The molecule has 0 saturated carbocycles. The lowest BCUT2D eigenvalue weighted by Gasteiger charge is -2.29. The Kier molecular flexibility index (Phi) is 4.37. The number of phenolic OH excluding ortho intramolecular Hbond substituents is 1. The topological polar surface area (TPSA) is 78.9 Å². The summed E-state index contributed by atoms with van der Waals surface area (Å²) in [6, 6.07) is 11.9. The standard InChI is InChI=1S/C18H18N2O4/c1-12-2-7-16-15(10-12)20(18(23)11-24-16)9-8-17(22)19-13-3-5-14(21)6-4-13/h2-7,10,21H,8-9,11H2,1H3,(H,19,22). The first-order valence-electron chi connectivity index (χ1n) is 7.65. The van der Waals surface area contributed by atoms with Crippen LogP contribution in [0, 0.1) is 6.92 Å². The number of amides is 2. The van der Waals surface area contributed by atoms with Crippen molar-refractivity contribution in [2.75, 3.05) is 23.4 Å². The van der Waals surface area contributed by atoms with Crippen LogP contribution in [0.2, 0.25) is 0 Å². The van der Waals surface area contributed by atoms with E-state index in [1.165, 1.54) is 12.1 Å². The summed E-state index contributed by atoms with van der Waals surface area (Å²) in [7, 11) is 0. The second kappa shape index (κ2) is 6.62. The third-order valence-corrected chi connectivity index (χ3v) is 3.77. The van der Waals surface area contributed by atoms with Crippen molar-refractivity contribution in [3.8, 4) is 11.5 Å². The molecule has 0 bridgehead atoms. The van der Waals surface area contributed by atoms with E-state index < -0.39 is 0 Å². The molecule has 2 amide bonds. The van der Waals surface area contributed by atoms with E-state index in [1.807, 2.05) is 25.1 Å². The molecule has 2 N–H and O–H groups in total. The minimum absolute atomic E-state index is 0.0182. The van der Waals surface area contributed by atoms with Crippen LogP contribution in [-0.2, 0) is 9.59 Å². The predicted octanol–water partition coefficient (Wildman–Crippen LogP) is 2.45. The zero-order valence-electron chi connectivity index (χ0n) is 13.3. The SMILES string of the molecule is Cc1ccc2c(c1)N(CCC(=O)Nc1ccc(O)cc1)C(=O)CO2. The number of phenols is 1. The lowest BCUT2D eigenvalue weighted by molar-refractivity contribution is -0.121. The Hall–Kier alpha value is -3.02. The van der Waals surface area contributed by atoms with Gasteiger partial charge in [-0.3, -0.25) is 9.59 Å². The van der Waals surface area contributed by atoms with E-state index in [1.54, 1.807) is 17.0 Å². The van der Waals surface area contributed by atoms with Crippen molar-refractivity contribution >= 4 is 23.2 Å². The first-order valence-corrected chi connectivity index (χ1v) is 7.65. The fourth-order valence-corrected chi connectivity index (χ4v) is 2.54. The van der Waals surface area contributed by atoms with Crippen LogP contribution in [0.1, 0.15) is 12.0 Å². The van der Waals surface area contributed by atoms with Crippen LogP contribution in [0.4, 0.5) is 11.4 Å². The number of nitrogens with one attached hydrogen (secondary N) is 1. The number of carbonyl (C=O) groups is 2. The molecule has 0 unspecified atom stereocenters. The molecule has 2 aromatic carbocycles. The van der Waals surface area contributed by atoms with Crippen molar-refractivity contribution in [1.29, 1.82) is 0 Å². The van der Waals surface area contributed by atoms with E-state index in [4.69, 9.17) is 4.74 Å². The molecule has 0 spiro atoms. The summed E-state index contributed by atoms with van der Waals surface area (Å²) in [6.07, 6.45) is 0.167. The fraction of sp³-hybridized carbons (Fsp3) is 0.222. The average Bonchev–Trinajstić information content (AvgIpc) is 2.56. The Morgan fingerprint density at radius 2 is 2.00 bits per heavy atom. The van der Waals surface area contributed by atoms with Gasteiger partial charge in [-0.1, -0.05) is 6.07 Å². The number of carbonyl (C=O) groups excluding carboxylic acids is 2. The monoisotopic (exact) mass is 326 g/mol. The lowest BCUT2D eigenvalue weighted by atomic mass is 10.1. The van der Waals surface area contributed by atoms with Gasteiger partial charge >= 0.3 is 0 Å². The van der Waals surface area contributed by atoms with Crippen molar-refractivity contribution < 1.29 is 19.4 Å². The van der Waals surface area contributed by atoms with E-state index in [9.17, 15) is 14.7 Å². The van der Waals surface area contributed by atoms with E-state index >= 15 is 0 Å². The van der Waals surface area contributed by atoms with Crippen molar-refractivity contribution in [3.05, 3.63) is 48.0 Å². The zero-order chi connectivity index (χ0) is 17.1. The first kappa shape index (κ1) is 15.9. The minimum Gasteiger partial charge on any atom is -0.508 e. The molecule has 2 aromatic rings. The van der Waals surface area contributed by atoms with E-state index in [-0.39, 0.29) is 37.1 Å². The van der Waals surface area contributed by atoms with E-state index in [0.717, 1.165) is 5.56 Å². The van der Waals surface area contributed by atoms with Gasteiger partial charge in [-0.05, 0) is 48.9 Å². The quantitative estimate of drug-likeness (QED) is 0.846. The Labute approximate surface area is 139 Å². The van der Waals surface area contributed by atoms with E-state index in [0.29, 0.717) is 17.1 Å². The van der Waals surface area contributed by atoms with Gasteiger partial charge in [-0.25, -0.2) is 0 Å². The summed E-state index contributed by atoms with van der Waals surface area (Å²) in [5, 5.41) is 12.0. The number of aromatic hydroxyl groups is 1. The van der Waals surface area contributed by atoms with Crippen LogP contribution < -0.4 is 15.0 Å². The summed E-state index contributed by atoms with van der Waals surface area (Å²) in [5.74, 6) is 0.428. The number of nitrogens with zero attached hydrogens (tertiary/aromatic N) is 1. The fourth-order valence-electron chi connectivity index (χ4n) is 2.54. The summed E-state index contributed by atoms with van der Waals surface area (Å²) >= 11 is 0. The number of fused-ring (bicyclic) bond motifs is 1. The van der Waals surface area contributed by atoms with Gasteiger partial charge in [-0.2, -0.15) is 0 Å². The molecule has 0 aliphatic carbocycles. The summed E-state index contributed by atoms with van der Waals surface area (Å²) < 4.78 is 5.42. The first-order chi connectivity index (χ1) is 11.5. The molecule has 124 valence electrons. The number of benzene rings is 2. The highest BCUT2D eigenvalue weighted by Gasteiger charge is 2.25. The number of hydrogen-bond donors (Lipinski definition) is 2. The van der Waals surface area contributed by atoms with E-state index in [2.05, 4.69) is 5.32 Å². The summed E-state index contributed by atoms with van der Waals surface area (Å²) in [4.78, 5) is 25.8. The number of ether oxygens (including phenoxy) is 1. The van der Waals surface area contributed by atoms with Gasteiger partial charge in [0.05, 0.1) is 5.69 Å². The van der Waals surface area contributed by atoms with Crippen LogP contribution >= 0.6 is 0 Å². The zero-order valence-corrected chi connectivity index (χ0v) is 13.3. The lowest BCUT2D eigenvalue weighted by Crippen LogP contribution is -2.40. The highest BCUT2D eigenvalue weighted by Crippen LogP contribution is 2.32. The van der Waals surface area contributed by atoms with Gasteiger partial charge in [0.15, 0.2) is 6.61 Å². The number of anilines is 2. The normalized spacial score (nSPS) is 13.2. The minimum atomic E-state index is -0.200. The molecule has 0 saturated heterocycles. The van der Waals surface area contributed by atoms with Crippen molar-refractivity contribution in [2.24, 2.45) is 0 Å². The van der Waals surface area contributed by atoms with Gasteiger partial charge in [0, 0.05) is 18.7 Å². The van der Waals surface area contributed by atoms with Crippen molar-refractivity contribution in [1.82, 2.24) is 0 Å². The molecule has 6 nitrogen and oxygen atoms in total. The van der Waals surface area contributed by atoms with Gasteiger partial charge in [0.1, 0.15) is 11.5 Å². The Morgan fingerprint density at radius 3 is 2.75 bits per heavy atom. The molecular formula is C18H18N2O4. The molecule has 6 heteroatoms. The molecule has 0 aromatic heterocycles. The third kappa shape index (κ3) is 3.48. The molecule has 0 fully saturated rings. The van der Waals surface area contributed by atoms with Crippen molar-refractivity contribution in [3.63, 3.8) is 0 Å². The Bertz CT molecular complexity index is 771.